The van der Waals surface area contributed by atoms with Gasteiger partial charge in [-0.25, -0.2) is 0 Å². The second kappa shape index (κ2) is 13.2. The van der Waals surface area contributed by atoms with Crippen molar-refractivity contribution >= 4 is 11.6 Å². The lowest BCUT2D eigenvalue weighted by Crippen LogP contribution is -2.27. The van der Waals surface area contributed by atoms with Gasteiger partial charge in [-0.15, -0.1) is 0 Å². The van der Waals surface area contributed by atoms with Crippen LogP contribution in [-0.4, -0.2) is 56.3 Å². The Balaban J connectivity index is 0.000000197. The number of hydrogen-bond acceptors (Lipinski definition) is 5. The largest absolute Gasteiger partial charge is 0.508 e. The van der Waals surface area contributed by atoms with Gasteiger partial charge in [0.15, 0.2) is 0 Å². The van der Waals surface area contributed by atoms with Crippen LogP contribution in [0.2, 0.25) is 0 Å². The zero-order valence-electron chi connectivity index (χ0n) is 21.7. The van der Waals surface area contributed by atoms with Crippen LogP contribution in [0.4, 0.5) is 5.69 Å². The van der Waals surface area contributed by atoms with Gasteiger partial charge in [-0.3, -0.25) is 4.79 Å². The molecule has 1 unspecified atom stereocenters. The van der Waals surface area contributed by atoms with Crippen molar-refractivity contribution in [3.63, 3.8) is 0 Å². The van der Waals surface area contributed by atoms with Crippen LogP contribution in [0.1, 0.15) is 51.1 Å². The Kier molecular flexibility index (Phi) is 10.0. The summed E-state index contributed by atoms with van der Waals surface area (Å²) < 4.78 is 5.73. The Labute approximate surface area is 210 Å². The number of likely N-dealkylation sites (N-methyl/N-ethyl adjacent to an activating group) is 1. The number of nitrogens with one attached hydrogen (secondary N) is 1. The average Bonchev–Trinajstić information content (AvgIpc) is 3.52. The Bertz CT molecular complexity index is 944. The molecule has 190 valence electrons. The highest BCUT2D eigenvalue weighted by atomic mass is 16.5. The number of nitrogens with zero attached hydrogens (tertiary/aromatic N) is 2. The Morgan fingerprint density at radius 3 is 2.31 bits per heavy atom. The maximum Gasteiger partial charge on any atom is 0.247 e. The second-order valence-corrected chi connectivity index (χ2v) is 9.88. The van der Waals surface area contributed by atoms with Gasteiger partial charge in [-0.05, 0) is 102 Å². The molecule has 35 heavy (non-hydrogen) atoms. The number of ether oxygens (including phenoxy) is 1. The van der Waals surface area contributed by atoms with Gasteiger partial charge in [0, 0.05) is 30.9 Å². The van der Waals surface area contributed by atoms with E-state index in [0.29, 0.717) is 5.57 Å². The predicted octanol–water partition coefficient (Wildman–Crippen LogP) is 5.15. The molecular formula is C29H41N3O3. The number of anilines is 1. The van der Waals surface area contributed by atoms with Crippen molar-refractivity contribution in [2.75, 3.05) is 45.2 Å². The lowest BCUT2D eigenvalue weighted by atomic mass is 10.1. The summed E-state index contributed by atoms with van der Waals surface area (Å²) in [7, 11) is 3.92. The van der Waals surface area contributed by atoms with E-state index in [1.54, 1.807) is 24.3 Å². The summed E-state index contributed by atoms with van der Waals surface area (Å²) in [6.45, 7) is 7.80. The predicted molar refractivity (Wildman–Crippen MR) is 143 cm³/mol. The van der Waals surface area contributed by atoms with E-state index >= 15 is 0 Å². The zero-order chi connectivity index (χ0) is 25.2. The van der Waals surface area contributed by atoms with E-state index in [1.165, 1.54) is 44.5 Å². The molecule has 2 aliphatic rings. The summed E-state index contributed by atoms with van der Waals surface area (Å²) in [6, 6.07) is 15.3. The minimum atomic E-state index is -0.0872. The van der Waals surface area contributed by atoms with Crippen LogP contribution in [-0.2, 0) is 4.79 Å². The molecular weight excluding hydrogens is 438 g/mol. The quantitative estimate of drug-likeness (QED) is 0.487. The fourth-order valence-corrected chi connectivity index (χ4v) is 3.80. The molecule has 1 aliphatic carbocycles. The Morgan fingerprint density at radius 2 is 1.74 bits per heavy atom. The molecule has 1 aliphatic heterocycles. The molecule has 2 N–H and O–H groups in total. The third kappa shape index (κ3) is 9.29. The molecule has 1 saturated carbocycles. The van der Waals surface area contributed by atoms with Gasteiger partial charge in [0.25, 0.3) is 0 Å². The maximum atomic E-state index is 12.0. The van der Waals surface area contributed by atoms with Crippen LogP contribution in [0.15, 0.2) is 60.2 Å². The molecule has 2 fully saturated rings. The van der Waals surface area contributed by atoms with Crippen LogP contribution in [0.3, 0.4) is 0 Å². The Morgan fingerprint density at radius 1 is 1.11 bits per heavy atom. The molecule has 2 aromatic carbocycles. The topological polar surface area (TPSA) is 65.0 Å². The first-order chi connectivity index (χ1) is 16.8. The molecule has 0 aromatic heterocycles. The van der Waals surface area contributed by atoms with E-state index < -0.39 is 0 Å². The van der Waals surface area contributed by atoms with Crippen LogP contribution in [0, 0.1) is 5.92 Å². The number of phenolic OH excluding ortho intramolecular Hbond substituents is 1. The first kappa shape index (κ1) is 26.6. The number of phenols is 1. The fourth-order valence-electron chi connectivity index (χ4n) is 3.80. The summed E-state index contributed by atoms with van der Waals surface area (Å²) in [4.78, 5) is 16.4. The highest BCUT2D eigenvalue weighted by Crippen LogP contribution is 2.30. The molecule has 0 radical (unpaired) electrons. The van der Waals surface area contributed by atoms with Gasteiger partial charge >= 0.3 is 0 Å². The minimum Gasteiger partial charge on any atom is -0.508 e. The van der Waals surface area contributed by atoms with Gasteiger partial charge in [-0.1, -0.05) is 18.2 Å². The first-order valence-electron chi connectivity index (χ1n) is 12.7. The van der Waals surface area contributed by atoms with Gasteiger partial charge in [0.1, 0.15) is 11.5 Å². The zero-order valence-corrected chi connectivity index (χ0v) is 21.7. The van der Waals surface area contributed by atoms with Gasteiger partial charge in [0.05, 0.1) is 12.6 Å². The van der Waals surface area contributed by atoms with E-state index in [0.717, 1.165) is 30.4 Å². The number of hydrogen-bond donors (Lipinski definition) is 2. The third-order valence-corrected chi connectivity index (χ3v) is 6.35. The molecule has 1 atom stereocenters. The van der Waals surface area contributed by atoms with Gasteiger partial charge < -0.3 is 25.0 Å². The van der Waals surface area contributed by atoms with Crippen LogP contribution >= 0.6 is 0 Å². The summed E-state index contributed by atoms with van der Waals surface area (Å²) in [5.74, 6) is 2.01. The SMILES string of the molecule is C/C(=C\CN(C)C)C(=O)NC(C)c1ccc(O)cc1.c1cc(N2CCCC2)ccc1OCC1CC1. The van der Waals surface area contributed by atoms with Crippen molar-refractivity contribution in [1.29, 1.82) is 0 Å². The molecule has 0 bridgehead atoms. The van der Waals surface area contributed by atoms with E-state index in [-0.39, 0.29) is 17.7 Å². The van der Waals surface area contributed by atoms with E-state index in [1.807, 2.05) is 38.9 Å². The van der Waals surface area contributed by atoms with E-state index in [4.69, 9.17) is 4.74 Å². The normalized spacial score (nSPS) is 16.5. The number of aromatic hydroxyl groups is 1. The summed E-state index contributed by atoms with van der Waals surface area (Å²) >= 11 is 0. The number of carbonyl (C=O) groups excluding carboxylic acids is 1. The summed E-state index contributed by atoms with van der Waals surface area (Å²) in [6.07, 6.45) is 7.27. The van der Waals surface area contributed by atoms with Crippen LogP contribution in [0.25, 0.3) is 0 Å². The Hall–Kier alpha value is -2.99. The molecule has 6 nitrogen and oxygen atoms in total. The highest BCUT2D eigenvalue weighted by Gasteiger charge is 2.22. The van der Waals surface area contributed by atoms with Crippen molar-refractivity contribution in [2.24, 2.45) is 5.92 Å². The lowest BCUT2D eigenvalue weighted by molar-refractivity contribution is -0.118. The lowest BCUT2D eigenvalue weighted by Gasteiger charge is -2.17. The summed E-state index contributed by atoms with van der Waals surface area (Å²) in [5.41, 5.74) is 3.02. The molecule has 4 rings (SSSR count). The molecule has 1 saturated heterocycles. The van der Waals surface area contributed by atoms with Crippen molar-refractivity contribution in [1.82, 2.24) is 10.2 Å². The van der Waals surface area contributed by atoms with Gasteiger partial charge in [0.2, 0.25) is 5.91 Å². The third-order valence-electron chi connectivity index (χ3n) is 6.35. The van der Waals surface area contributed by atoms with Crippen LogP contribution in [0.5, 0.6) is 11.5 Å². The fraction of sp³-hybridized carbons (Fsp3) is 0.483. The summed E-state index contributed by atoms with van der Waals surface area (Å²) in [5, 5.41) is 12.2. The smallest absolute Gasteiger partial charge is 0.247 e. The number of amides is 1. The van der Waals surface area contributed by atoms with Crippen molar-refractivity contribution in [3.8, 4) is 11.5 Å². The average molecular weight is 480 g/mol. The second-order valence-electron chi connectivity index (χ2n) is 9.88. The number of carbonyl (C=O) groups is 1. The maximum absolute atomic E-state index is 12.0. The number of benzene rings is 2. The standard InChI is InChI=1S/C15H22N2O2.C14H19NO/c1-11(9-10-17(3)4)15(19)16-12(2)13-5-7-14(18)8-6-13;1-2-10-15(9-1)13-5-7-14(8-6-13)16-11-12-3-4-12/h5-9,12,18H,10H2,1-4H3,(H,16,19);5-8,12H,1-4,9-11H2/b11-9+;. The molecule has 1 heterocycles. The molecule has 2 aromatic rings. The first-order valence-corrected chi connectivity index (χ1v) is 12.7. The number of rotatable bonds is 9. The van der Waals surface area contributed by atoms with E-state index in [2.05, 4.69) is 34.5 Å². The van der Waals surface area contributed by atoms with E-state index in [9.17, 15) is 9.90 Å². The minimum absolute atomic E-state index is 0.0672. The van der Waals surface area contributed by atoms with Crippen LogP contribution < -0.4 is 15.0 Å². The van der Waals surface area contributed by atoms with Gasteiger partial charge in [-0.2, -0.15) is 0 Å². The molecule has 0 spiro atoms. The van der Waals surface area contributed by atoms with Crippen molar-refractivity contribution in [2.45, 2.75) is 45.6 Å². The van der Waals surface area contributed by atoms with Crippen molar-refractivity contribution < 1.29 is 14.6 Å². The monoisotopic (exact) mass is 479 g/mol. The molecule has 1 amide bonds. The van der Waals surface area contributed by atoms with Crippen molar-refractivity contribution in [3.05, 3.63) is 65.7 Å². The molecule has 6 heteroatoms. The highest BCUT2D eigenvalue weighted by molar-refractivity contribution is 5.93.